The van der Waals surface area contributed by atoms with Gasteiger partial charge in [-0.25, -0.2) is 4.39 Å². The molecule has 2 aromatic carbocycles. The molecule has 2 aromatic rings. The van der Waals surface area contributed by atoms with E-state index in [1.54, 1.807) is 19.2 Å². The van der Waals surface area contributed by atoms with Crippen molar-refractivity contribution in [3.05, 3.63) is 65.5 Å². The second-order valence-electron chi connectivity index (χ2n) is 5.46. The molecule has 0 amide bonds. The first kappa shape index (κ1) is 20.7. The highest BCUT2D eigenvalue weighted by molar-refractivity contribution is 8.17. The molecule has 0 aliphatic carbocycles. The van der Waals surface area contributed by atoms with Crippen LogP contribution in [-0.4, -0.2) is 23.2 Å². The first-order valence-electron chi connectivity index (χ1n) is 8.63. The Hall–Kier alpha value is -1.59. The largest absolute Gasteiger partial charge is 0.493 e. The van der Waals surface area contributed by atoms with E-state index in [1.165, 1.54) is 12.1 Å². The van der Waals surface area contributed by atoms with Gasteiger partial charge in [0.1, 0.15) is 12.4 Å². The average Bonchev–Trinajstić information content (AvgIpc) is 2.66. The van der Waals surface area contributed by atoms with Gasteiger partial charge < -0.3 is 9.47 Å². The summed E-state index contributed by atoms with van der Waals surface area (Å²) in [5.41, 5.74) is 1.99. The van der Waals surface area contributed by atoms with Gasteiger partial charge in [-0.3, -0.25) is 0 Å². The molecule has 0 spiro atoms. The van der Waals surface area contributed by atoms with E-state index in [4.69, 9.17) is 9.47 Å². The van der Waals surface area contributed by atoms with E-state index < -0.39 is 0 Å². The molecule has 0 unspecified atom stereocenters. The molecule has 0 bridgehead atoms. The Balaban J connectivity index is 2.04. The van der Waals surface area contributed by atoms with Gasteiger partial charge in [0.25, 0.3) is 0 Å². The van der Waals surface area contributed by atoms with Gasteiger partial charge in [-0.1, -0.05) is 44.2 Å². The molecule has 0 aliphatic heterocycles. The van der Waals surface area contributed by atoms with Crippen molar-refractivity contribution in [3.8, 4) is 11.5 Å². The third-order valence-corrected chi connectivity index (χ3v) is 6.06. The van der Waals surface area contributed by atoms with E-state index >= 15 is 0 Å². The van der Waals surface area contributed by atoms with E-state index in [9.17, 15) is 4.39 Å². The molecular weight excluding hydrogens is 367 g/mol. The normalized spacial score (nSPS) is 11.3. The van der Waals surface area contributed by atoms with Crippen LogP contribution in [-0.2, 0) is 6.61 Å². The smallest absolute Gasteiger partial charge is 0.161 e. The maximum Gasteiger partial charge on any atom is 0.161 e. The van der Waals surface area contributed by atoms with Gasteiger partial charge in [0.05, 0.1) is 11.7 Å². The van der Waals surface area contributed by atoms with Crippen LogP contribution < -0.4 is 9.47 Å². The number of rotatable bonds is 10. The number of benzene rings is 2. The molecule has 0 saturated heterocycles. The summed E-state index contributed by atoms with van der Waals surface area (Å²) in [6, 6.07) is 12.2. The van der Waals surface area contributed by atoms with Crippen LogP contribution in [0.3, 0.4) is 0 Å². The predicted octanol–water partition coefficient (Wildman–Crippen LogP) is 6.26. The summed E-state index contributed by atoms with van der Waals surface area (Å²) >= 11 is 3.87. The summed E-state index contributed by atoms with van der Waals surface area (Å²) in [5, 5.41) is 0. The number of halogens is 1. The monoisotopic (exact) mass is 392 g/mol. The zero-order chi connectivity index (χ0) is 18.8. The molecule has 0 atom stereocenters. The Morgan fingerprint density at radius 1 is 1.00 bits per heavy atom. The Bertz CT molecular complexity index is 696. The summed E-state index contributed by atoms with van der Waals surface area (Å²) in [6.07, 6.45) is 4.36. The van der Waals surface area contributed by atoms with Crippen molar-refractivity contribution in [3.63, 3.8) is 0 Å². The van der Waals surface area contributed by atoms with E-state index in [1.807, 2.05) is 41.7 Å². The van der Waals surface area contributed by atoms with Crippen molar-refractivity contribution < 1.29 is 13.9 Å². The molecule has 0 radical (unpaired) electrons. The Labute approximate surface area is 164 Å². The Kier molecular flexibility index (Phi) is 8.92. The van der Waals surface area contributed by atoms with Crippen molar-refractivity contribution in [2.75, 3.05) is 18.6 Å². The fraction of sp³-hybridized carbons (Fsp3) is 0.333. The summed E-state index contributed by atoms with van der Waals surface area (Å²) < 4.78 is 24.7. The number of thioether (sulfide) groups is 2. The van der Waals surface area contributed by atoms with Gasteiger partial charge in [-0.2, -0.15) is 0 Å². The zero-order valence-electron chi connectivity index (χ0n) is 15.4. The molecule has 0 aliphatic rings. The van der Waals surface area contributed by atoms with Crippen molar-refractivity contribution in [1.82, 2.24) is 0 Å². The van der Waals surface area contributed by atoms with Crippen molar-refractivity contribution >= 4 is 29.6 Å². The summed E-state index contributed by atoms with van der Waals surface area (Å²) in [6.45, 7) is 4.73. The van der Waals surface area contributed by atoms with Crippen LogP contribution in [0.25, 0.3) is 6.08 Å². The SMILES string of the molecule is CCSC(/C=C/c1ccc(OCc2ccc(F)cc2)c(OC)c1)SCC. The van der Waals surface area contributed by atoms with Crippen LogP contribution in [0.5, 0.6) is 11.5 Å². The Morgan fingerprint density at radius 2 is 1.69 bits per heavy atom. The lowest BCUT2D eigenvalue weighted by atomic mass is 10.2. The minimum atomic E-state index is -0.247. The van der Waals surface area contributed by atoms with E-state index in [0.29, 0.717) is 22.7 Å². The molecule has 26 heavy (non-hydrogen) atoms. The number of hydrogen-bond acceptors (Lipinski definition) is 4. The Morgan fingerprint density at radius 3 is 2.31 bits per heavy atom. The van der Waals surface area contributed by atoms with Crippen LogP contribution in [0.4, 0.5) is 4.39 Å². The van der Waals surface area contributed by atoms with Crippen molar-refractivity contribution in [2.45, 2.75) is 25.0 Å². The lowest BCUT2D eigenvalue weighted by molar-refractivity contribution is 0.284. The highest BCUT2D eigenvalue weighted by atomic mass is 32.2. The molecule has 0 saturated carbocycles. The van der Waals surface area contributed by atoms with Crippen LogP contribution in [0.15, 0.2) is 48.5 Å². The molecule has 5 heteroatoms. The van der Waals surface area contributed by atoms with Gasteiger partial charge in [0, 0.05) is 0 Å². The lowest BCUT2D eigenvalue weighted by Crippen LogP contribution is -1.98. The summed E-state index contributed by atoms with van der Waals surface area (Å²) in [4.78, 5) is 0. The van der Waals surface area contributed by atoms with Gasteiger partial charge in [-0.05, 0) is 46.9 Å². The van der Waals surface area contributed by atoms with Crippen molar-refractivity contribution in [1.29, 1.82) is 0 Å². The van der Waals surface area contributed by atoms with Gasteiger partial charge in [0.15, 0.2) is 11.5 Å². The first-order chi connectivity index (χ1) is 12.7. The third-order valence-electron chi connectivity index (χ3n) is 3.60. The predicted molar refractivity (Wildman–Crippen MR) is 113 cm³/mol. The molecule has 0 aromatic heterocycles. The van der Waals surface area contributed by atoms with E-state index in [2.05, 4.69) is 26.0 Å². The summed E-state index contributed by atoms with van der Waals surface area (Å²) in [5.74, 6) is 3.32. The molecule has 0 fully saturated rings. The van der Waals surface area contributed by atoms with E-state index in [0.717, 1.165) is 22.6 Å². The first-order valence-corrected chi connectivity index (χ1v) is 10.7. The second kappa shape index (κ2) is 11.2. The molecular formula is C21H25FO2S2. The number of methoxy groups -OCH3 is 1. The maximum absolute atomic E-state index is 13.0. The van der Waals surface area contributed by atoms with Crippen LogP contribution in [0.2, 0.25) is 0 Å². The molecule has 0 N–H and O–H groups in total. The van der Waals surface area contributed by atoms with Gasteiger partial charge >= 0.3 is 0 Å². The highest BCUT2D eigenvalue weighted by Gasteiger charge is 2.07. The number of ether oxygens (including phenoxy) is 2. The molecule has 140 valence electrons. The van der Waals surface area contributed by atoms with E-state index in [-0.39, 0.29) is 5.82 Å². The highest BCUT2D eigenvalue weighted by Crippen LogP contribution is 2.30. The molecule has 0 heterocycles. The molecule has 2 rings (SSSR count). The van der Waals surface area contributed by atoms with Crippen molar-refractivity contribution in [2.24, 2.45) is 0 Å². The number of hydrogen-bond donors (Lipinski definition) is 0. The van der Waals surface area contributed by atoms with Gasteiger partial charge in [-0.15, -0.1) is 23.5 Å². The van der Waals surface area contributed by atoms with Crippen LogP contribution >= 0.6 is 23.5 Å². The zero-order valence-corrected chi connectivity index (χ0v) is 17.0. The van der Waals surface area contributed by atoms with Gasteiger partial charge in [0.2, 0.25) is 0 Å². The minimum absolute atomic E-state index is 0.247. The second-order valence-corrected chi connectivity index (χ2v) is 8.60. The average molecular weight is 393 g/mol. The standard InChI is InChI=1S/C21H25FO2S2/c1-4-25-21(26-5-2)13-9-16-8-12-19(20(14-16)23-3)24-15-17-6-10-18(22)11-7-17/h6-14,21H,4-5,15H2,1-3H3/b13-9+. The molecule has 2 nitrogen and oxygen atoms in total. The fourth-order valence-electron chi connectivity index (χ4n) is 2.33. The quantitative estimate of drug-likeness (QED) is 0.444. The fourth-order valence-corrected chi connectivity index (χ4v) is 4.56. The maximum atomic E-state index is 13.0. The van der Waals surface area contributed by atoms with Crippen LogP contribution in [0.1, 0.15) is 25.0 Å². The minimum Gasteiger partial charge on any atom is -0.493 e. The summed E-state index contributed by atoms with van der Waals surface area (Å²) in [7, 11) is 1.64. The lowest BCUT2D eigenvalue weighted by Gasteiger charge is -2.12. The van der Waals surface area contributed by atoms with Crippen LogP contribution in [0, 0.1) is 5.82 Å². The topological polar surface area (TPSA) is 18.5 Å². The third kappa shape index (κ3) is 6.61.